The number of esters is 1. The number of aliphatic hydroxyl groups excluding tert-OH is 1. The van der Waals surface area contributed by atoms with Crippen molar-refractivity contribution in [1.82, 2.24) is 4.72 Å². The smallest absolute Gasteiger partial charge is 0.326 e. The second kappa shape index (κ2) is 6.61. The predicted octanol–water partition coefficient (Wildman–Crippen LogP) is -0.285. The van der Waals surface area contributed by atoms with Crippen LogP contribution in [0.15, 0.2) is 23.1 Å². The minimum Gasteiger partial charge on any atom is -0.468 e. The number of benzene rings is 1. The molecule has 1 aromatic carbocycles. The second-order valence-electron chi connectivity index (χ2n) is 4.06. The Bertz CT molecular complexity index is 657. The number of carbonyl (C=O) groups excluding carboxylic acids is 1. The largest absolute Gasteiger partial charge is 0.468 e. The quantitative estimate of drug-likeness (QED) is 0.418. The lowest BCUT2D eigenvalue weighted by atomic mass is 10.2. The molecule has 0 amide bonds. The average Bonchev–Trinajstić information content (AvgIpc) is 2.43. The third kappa shape index (κ3) is 3.74. The van der Waals surface area contributed by atoms with Crippen molar-refractivity contribution >= 4 is 21.7 Å². The first-order chi connectivity index (χ1) is 9.74. The monoisotopic (exact) mass is 318 g/mol. The maximum absolute atomic E-state index is 12.2. The first kappa shape index (κ1) is 17.0. The number of nitrogens with one attached hydrogen (secondary N) is 1. The van der Waals surface area contributed by atoms with Crippen molar-refractivity contribution in [2.45, 2.75) is 17.9 Å². The normalized spacial score (nSPS) is 12.7. The number of hydrogen-bond donors (Lipinski definition) is 2. The first-order valence-electron chi connectivity index (χ1n) is 5.69. The van der Waals surface area contributed by atoms with E-state index in [0.29, 0.717) is 0 Å². The molecule has 0 radical (unpaired) electrons. The lowest BCUT2D eigenvalue weighted by Crippen LogP contribution is -2.44. The summed E-state index contributed by atoms with van der Waals surface area (Å²) in [7, 11) is -3.36. The molecule has 116 valence electrons. The molecule has 1 aromatic rings. The van der Waals surface area contributed by atoms with Crippen LogP contribution < -0.4 is 4.72 Å². The number of methoxy groups -OCH3 is 1. The lowest BCUT2D eigenvalue weighted by molar-refractivity contribution is -0.387. The van der Waals surface area contributed by atoms with Crippen LogP contribution in [0.3, 0.4) is 0 Å². The summed E-state index contributed by atoms with van der Waals surface area (Å²) >= 11 is 0. The molecule has 0 fully saturated rings. The Morgan fingerprint density at radius 1 is 1.52 bits per heavy atom. The zero-order valence-corrected chi connectivity index (χ0v) is 12.1. The molecule has 1 unspecified atom stereocenters. The van der Waals surface area contributed by atoms with Gasteiger partial charge in [0.1, 0.15) is 6.04 Å². The van der Waals surface area contributed by atoms with Crippen molar-refractivity contribution in [1.29, 1.82) is 0 Å². The van der Waals surface area contributed by atoms with Crippen LogP contribution in [0.2, 0.25) is 0 Å². The number of sulfonamides is 1. The summed E-state index contributed by atoms with van der Waals surface area (Å²) in [6.07, 6.45) is 0. The Labute approximate surface area is 120 Å². The zero-order chi connectivity index (χ0) is 16.2. The number of nitro groups is 1. The number of ether oxygens (including phenoxy) is 1. The molecule has 0 aliphatic heterocycles. The molecule has 9 nitrogen and oxygen atoms in total. The highest BCUT2D eigenvalue weighted by Crippen LogP contribution is 2.26. The van der Waals surface area contributed by atoms with E-state index in [0.717, 1.165) is 13.2 Å². The minimum absolute atomic E-state index is 0.137. The summed E-state index contributed by atoms with van der Waals surface area (Å²) in [5.74, 6) is -1.00. The predicted molar refractivity (Wildman–Crippen MR) is 71.0 cm³/mol. The Hall–Kier alpha value is -2.04. The van der Waals surface area contributed by atoms with Gasteiger partial charge in [-0.3, -0.25) is 14.9 Å². The van der Waals surface area contributed by atoms with E-state index in [9.17, 15) is 23.3 Å². The summed E-state index contributed by atoms with van der Waals surface area (Å²) in [5, 5.41) is 20.0. The van der Waals surface area contributed by atoms with Gasteiger partial charge in [0.25, 0.3) is 5.69 Å². The fraction of sp³-hybridized carbons (Fsp3) is 0.364. The molecule has 0 saturated carbocycles. The van der Waals surface area contributed by atoms with E-state index in [1.807, 2.05) is 4.72 Å². The maximum Gasteiger partial charge on any atom is 0.326 e. The number of nitrogens with zero attached hydrogens (tertiary/aromatic N) is 1. The van der Waals surface area contributed by atoms with Crippen molar-refractivity contribution in [3.63, 3.8) is 0 Å². The van der Waals surface area contributed by atoms with E-state index in [1.165, 1.54) is 19.1 Å². The van der Waals surface area contributed by atoms with Gasteiger partial charge in [-0.1, -0.05) is 12.1 Å². The number of nitro benzene ring substituents is 1. The van der Waals surface area contributed by atoms with Crippen molar-refractivity contribution in [3.05, 3.63) is 33.9 Å². The Kier molecular flexibility index (Phi) is 5.35. The van der Waals surface area contributed by atoms with Gasteiger partial charge < -0.3 is 9.84 Å². The van der Waals surface area contributed by atoms with Crippen LogP contribution in [0.1, 0.15) is 5.56 Å². The lowest BCUT2D eigenvalue weighted by Gasteiger charge is -2.15. The third-order valence-electron chi connectivity index (χ3n) is 2.62. The molecule has 0 aliphatic rings. The van der Waals surface area contributed by atoms with Crippen molar-refractivity contribution in [2.24, 2.45) is 0 Å². The van der Waals surface area contributed by atoms with E-state index >= 15 is 0 Å². The van der Waals surface area contributed by atoms with Crippen LogP contribution in [0.4, 0.5) is 5.69 Å². The minimum atomic E-state index is -4.39. The standard InChI is InChI=1S/C11H14N2O7S/c1-7-4-3-5-9(13(16)17)10(7)21(18,19)12-8(6-14)11(15)20-2/h3-5,8,12,14H,6H2,1-2H3. The van der Waals surface area contributed by atoms with Gasteiger partial charge in [0.15, 0.2) is 4.90 Å². The van der Waals surface area contributed by atoms with Crippen LogP contribution in [0.5, 0.6) is 0 Å². The number of rotatable bonds is 6. The summed E-state index contributed by atoms with van der Waals surface area (Å²) in [6.45, 7) is 0.541. The molecule has 0 spiro atoms. The highest BCUT2D eigenvalue weighted by Gasteiger charge is 2.32. The van der Waals surface area contributed by atoms with Crippen LogP contribution in [0, 0.1) is 17.0 Å². The fourth-order valence-corrected chi connectivity index (χ4v) is 3.25. The molecule has 10 heteroatoms. The van der Waals surface area contributed by atoms with Crippen LogP contribution >= 0.6 is 0 Å². The van der Waals surface area contributed by atoms with Gasteiger partial charge in [0, 0.05) is 6.07 Å². The van der Waals surface area contributed by atoms with E-state index in [2.05, 4.69) is 4.74 Å². The highest BCUT2D eigenvalue weighted by molar-refractivity contribution is 7.89. The van der Waals surface area contributed by atoms with E-state index in [4.69, 9.17) is 5.11 Å². The number of carbonyl (C=O) groups is 1. The molecule has 2 N–H and O–H groups in total. The molecular weight excluding hydrogens is 304 g/mol. The van der Waals surface area contributed by atoms with Crippen LogP contribution in [-0.2, 0) is 19.6 Å². The molecular formula is C11H14N2O7S. The highest BCUT2D eigenvalue weighted by atomic mass is 32.2. The van der Waals surface area contributed by atoms with Gasteiger partial charge >= 0.3 is 5.97 Å². The van der Waals surface area contributed by atoms with Gasteiger partial charge in [-0.15, -0.1) is 0 Å². The second-order valence-corrected chi connectivity index (χ2v) is 5.71. The number of aliphatic hydroxyl groups is 1. The van der Waals surface area contributed by atoms with Gasteiger partial charge in [0.2, 0.25) is 10.0 Å². The number of aryl methyl sites for hydroxylation is 1. The summed E-state index contributed by atoms with van der Waals surface area (Å²) in [4.78, 5) is 20.9. The zero-order valence-electron chi connectivity index (χ0n) is 11.3. The molecule has 0 aromatic heterocycles. The van der Waals surface area contributed by atoms with E-state index in [1.54, 1.807) is 0 Å². The van der Waals surface area contributed by atoms with Gasteiger partial charge in [-0.25, -0.2) is 8.42 Å². The Morgan fingerprint density at radius 3 is 2.62 bits per heavy atom. The third-order valence-corrected chi connectivity index (χ3v) is 4.29. The Balaban J connectivity index is 3.32. The molecule has 0 heterocycles. The van der Waals surface area contributed by atoms with Crippen molar-refractivity contribution < 1.29 is 28.0 Å². The Morgan fingerprint density at radius 2 is 2.14 bits per heavy atom. The van der Waals surface area contributed by atoms with Crippen molar-refractivity contribution in [3.8, 4) is 0 Å². The SMILES string of the molecule is COC(=O)C(CO)NS(=O)(=O)c1c(C)cccc1[N+](=O)[O-]. The first-order valence-corrected chi connectivity index (χ1v) is 7.18. The molecule has 0 saturated heterocycles. The maximum atomic E-state index is 12.2. The summed E-state index contributed by atoms with van der Waals surface area (Å²) < 4.78 is 30.7. The average molecular weight is 318 g/mol. The van der Waals surface area contributed by atoms with E-state index in [-0.39, 0.29) is 5.56 Å². The molecule has 21 heavy (non-hydrogen) atoms. The summed E-state index contributed by atoms with van der Waals surface area (Å²) in [5.41, 5.74) is -0.484. The number of hydrogen-bond acceptors (Lipinski definition) is 7. The molecule has 1 rings (SSSR count). The topological polar surface area (TPSA) is 136 Å². The van der Waals surface area contributed by atoms with E-state index < -0.39 is 44.1 Å². The van der Waals surface area contributed by atoms with Crippen LogP contribution in [-0.4, -0.2) is 44.2 Å². The van der Waals surface area contributed by atoms with Gasteiger partial charge in [-0.2, -0.15) is 4.72 Å². The fourth-order valence-electron chi connectivity index (χ4n) is 1.68. The molecule has 1 atom stereocenters. The van der Waals surface area contributed by atoms with Crippen molar-refractivity contribution in [2.75, 3.05) is 13.7 Å². The summed E-state index contributed by atoms with van der Waals surface area (Å²) in [6, 6.07) is 2.22. The van der Waals surface area contributed by atoms with Gasteiger partial charge in [0.05, 0.1) is 18.6 Å². The molecule has 0 bridgehead atoms. The van der Waals surface area contributed by atoms with Crippen LogP contribution in [0.25, 0.3) is 0 Å². The van der Waals surface area contributed by atoms with Gasteiger partial charge in [-0.05, 0) is 12.5 Å². The molecule has 0 aliphatic carbocycles.